The Labute approximate surface area is 155 Å². The van der Waals surface area contributed by atoms with E-state index in [2.05, 4.69) is 15.0 Å². The van der Waals surface area contributed by atoms with Gasteiger partial charge in [0.25, 0.3) is 0 Å². The van der Waals surface area contributed by atoms with Crippen LogP contribution in [0.1, 0.15) is 13.8 Å². The number of aromatic hydroxyl groups is 1. The van der Waals surface area contributed by atoms with Crippen molar-refractivity contribution in [3.8, 4) is 17.0 Å². The van der Waals surface area contributed by atoms with Gasteiger partial charge in [0.1, 0.15) is 17.9 Å². The molecule has 0 aliphatic heterocycles. The maximum atomic E-state index is 14.5. The predicted molar refractivity (Wildman–Crippen MR) is 106 cm³/mol. The summed E-state index contributed by atoms with van der Waals surface area (Å²) >= 11 is 0. The predicted octanol–water partition coefficient (Wildman–Crippen LogP) is 4.76. The molecule has 0 saturated heterocycles. The molecule has 3 N–H and O–H groups in total. The number of fused-ring (bicyclic) bond motifs is 2. The van der Waals surface area contributed by atoms with Crippen LogP contribution >= 0.6 is 0 Å². The van der Waals surface area contributed by atoms with Crippen LogP contribution in [0.15, 0.2) is 59.7 Å². The van der Waals surface area contributed by atoms with Gasteiger partial charge in [-0.25, -0.2) is 14.4 Å². The number of aromatic amines is 1. The first-order valence-corrected chi connectivity index (χ1v) is 8.61. The summed E-state index contributed by atoms with van der Waals surface area (Å²) in [5.74, 6) is -0.702. The van der Waals surface area contributed by atoms with Crippen molar-refractivity contribution < 1.29 is 9.50 Å². The minimum atomic E-state index is -0.559. The Morgan fingerprint density at radius 1 is 1.11 bits per heavy atom. The van der Waals surface area contributed by atoms with Crippen molar-refractivity contribution in [3.05, 3.63) is 65.9 Å². The molecule has 2 heterocycles. The van der Waals surface area contributed by atoms with Gasteiger partial charge in [-0.2, -0.15) is 0 Å². The maximum absolute atomic E-state index is 14.5. The van der Waals surface area contributed by atoms with Crippen molar-refractivity contribution in [1.29, 1.82) is 5.41 Å². The fourth-order valence-corrected chi connectivity index (χ4v) is 2.95. The van der Waals surface area contributed by atoms with Gasteiger partial charge >= 0.3 is 0 Å². The number of H-pyrrole nitrogens is 1. The second-order valence-corrected chi connectivity index (χ2v) is 5.51. The number of aromatic nitrogens is 2. The zero-order valence-electron chi connectivity index (χ0n) is 15.0. The highest BCUT2D eigenvalue weighted by Gasteiger charge is 2.14. The van der Waals surface area contributed by atoms with Crippen LogP contribution in [0.5, 0.6) is 5.75 Å². The topological polar surface area (TPSA) is 85.1 Å². The summed E-state index contributed by atoms with van der Waals surface area (Å²) in [6.45, 7) is 4.00. The molecule has 0 aliphatic carbocycles. The van der Waals surface area contributed by atoms with Crippen LogP contribution in [0.4, 0.5) is 4.39 Å². The molecule has 5 nitrogen and oxygen atoms in total. The lowest BCUT2D eigenvalue weighted by atomic mass is 10.1. The van der Waals surface area contributed by atoms with Crippen LogP contribution in [0.25, 0.3) is 33.1 Å². The summed E-state index contributed by atoms with van der Waals surface area (Å²) in [7, 11) is 0. The number of halogens is 1. The standard InChI is InChI=1S/C19H13FN4O.C2H6/c20-15-9-11(25)5-6-12(15)17-14-7-8-22-19(14)18(23-10-21)13-3-1-2-4-16(13)24-17;1-2/h1-10,21-22,25H;1-2H3. The average molecular weight is 362 g/mol. The molecule has 0 radical (unpaired) electrons. The van der Waals surface area contributed by atoms with Gasteiger partial charge in [0.15, 0.2) is 0 Å². The molecule has 136 valence electrons. The Morgan fingerprint density at radius 3 is 2.63 bits per heavy atom. The monoisotopic (exact) mass is 362 g/mol. The van der Waals surface area contributed by atoms with Gasteiger partial charge < -0.3 is 10.1 Å². The van der Waals surface area contributed by atoms with E-state index < -0.39 is 5.82 Å². The third kappa shape index (κ3) is 3.29. The summed E-state index contributed by atoms with van der Waals surface area (Å²) in [5.41, 5.74) is 2.02. The lowest BCUT2D eigenvalue weighted by Gasteiger charge is -2.03. The van der Waals surface area contributed by atoms with Gasteiger partial charge in [0, 0.05) is 28.6 Å². The molecule has 4 aromatic rings. The lowest BCUT2D eigenvalue weighted by Crippen LogP contribution is -2.02. The molecule has 0 saturated carbocycles. The molecule has 0 aliphatic rings. The van der Waals surface area contributed by atoms with Gasteiger partial charge in [-0.3, -0.25) is 5.41 Å². The van der Waals surface area contributed by atoms with Crippen molar-refractivity contribution in [2.24, 2.45) is 4.99 Å². The first-order chi connectivity index (χ1) is 13.2. The number of nitrogens with zero attached hydrogens (tertiary/aromatic N) is 2. The number of phenols is 1. The van der Waals surface area contributed by atoms with Gasteiger partial charge in [0.2, 0.25) is 0 Å². The van der Waals surface area contributed by atoms with Gasteiger partial charge in [-0.1, -0.05) is 32.0 Å². The van der Waals surface area contributed by atoms with E-state index in [0.29, 0.717) is 27.5 Å². The zero-order chi connectivity index (χ0) is 19.4. The molecule has 6 heteroatoms. The first kappa shape index (κ1) is 18.3. The van der Waals surface area contributed by atoms with Crippen molar-refractivity contribution >= 4 is 28.1 Å². The van der Waals surface area contributed by atoms with E-state index in [4.69, 9.17) is 5.41 Å². The number of hydrogen-bond donors (Lipinski definition) is 3. The largest absolute Gasteiger partial charge is 0.508 e. The highest BCUT2D eigenvalue weighted by Crippen LogP contribution is 2.29. The summed E-state index contributed by atoms with van der Waals surface area (Å²) < 4.78 is 14.5. The Morgan fingerprint density at radius 2 is 1.89 bits per heavy atom. The number of para-hydroxylation sites is 1. The van der Waals surface area contributed by atoms with Crippen LogP contribution in [0.2, 0.25) is 0 Å². The van der Waals surface area contributed by atoms with Gasteiger partial charge in [-0.15, -0.1) is 0 Å². The minimum Gasteiger partial charge on any atom is -0.508 e. The fraction of sp³-hybridized carbons (Fsp3) is 0.0952. The molecule has 0 amide bonds. The summed E-state index contributed by atoms with van der Waals surface area (Å²) in [6, 6.07) is 13.2. The quantitative estimate of drug-likeness (QED) is 0.355. The molecular weight excluding hydrogens is 343 g/mol. The van der Waals surface area contributed by atoms with E-state index in [-0.39, 0.29) is 11.3 Å². The molecule has 2 aromatic heterocycles. The summed E-state index contributed by atoms with van der Waals surface area (Å²) in [6.07, 6.45) is 2.70. The highest BCUT2D eigenvalue weighted by molar-refractivity contribution is 5.98. The molecule has 0 unspecified atom stereocenters. The number of phenolic OH excluding ortho intramolecular Hbond substituents is 1. The second-order valence-electron chi connectivity index (χ2n) is 5.51. The Bertz CT molecular complexity index is 1200. The van der Waals surface area contributed by atoms with E-state index >= 15 is 0 Å². The Kier molecular flexibility index (Phi) is 5.26. The van der Waals surface area contributed by atoms with Crippen LogP contribution < -0.4 is 5.36 Å². The van der Waals surface area contributed by atoms with Crippen molar-refractivity contribution in [2.45, 2.75) is 13.8 Å². The third-order valence-electron chi connectivity index (χ3n) is 4.03. The van der Waals surface area contributed by atoms with E-state index in [1.165, 1.54) is 12.1 Å². The van der Waals surface area contributed by atoms with Crippen LogP contribution in [-0.2, 0) is 0 Å². The number of nitrogens with one attached hydrogen (secondary N) is 2. The van der Waals surface area contributed by atoms with Crippen molar-refractivity contribution in [1.82, 2.24) is 9.97 Å². The number of hydrogen-bond acceptors (Lipinski definition) is 3. The van der Waals surface area contributed by atoms with Crippen LogP contribution in [-0.4, -0.2) is 21.4 Å². The third-order valence-corrected chi connectivity index (χ3v) is 4.03. The highest BCUT2D eigenvalue weighted by atomic mass is 19.1. The number of rotatable bonds is 2. The first-order valence-electron chi connectivity index (χ1n) is 8.61. The smallest absolute Gasteiger partial charge is 0.136 e. The van der Waals surface area contributed by atoms with E-state index in [1.807, 2.05) is 38.1 Å². The molecular formula is C21H19FN4O. The molecule has 0 fully saturated rings. The molecule has 2 aromatic carbocycles. The van der Waals surface area contributed by atoms with E-state index in [1.54, 1.807) is 12.3 Å². The number of benzene rings is 2. The normalized spacial score (nSPS) is 11.3. The summed E-state index contributed by atoms with van der Waals surface area (Å²) in [5, 5.41) is 18.9. The maximum Gasteiger partial charge on any atom is 0.136 e. The van der Waals surface area contributed by atoms with Crippen LogP contribution in [0, 0.1) is 11.2 Å². The van der Waals surface area contributed by atoms with Crippen molar-refractivity contribution in [2.75, 3.05) is 0 Å². The van der Waals surface area contributed by atoms with Crippen LogP contribution in [0.3, 0.4) is 0 Å². The molecule has 4 rings (SSSR count). The molecule has 0 spiro atoms. The zero-order valence-corrected chi connectivity index (χ0v) is 15.0. The molecule has 0 atom stereocenters. The van der Waals surface area contributed by atoms with E-state index in [0.717, 1.165) is 17.8 Å². The average Bonchev–Trinajstić information content (AvgIpc) is 3.12. The molecule has 0 bridgehead atoms. The minimum absolute atomic E-state index is 0.142. The van der Waals surface area contributed by atoms with Gasteiger partial charge in [0.05, 0.1) is 22.1 Å². The molecule has 27 heavy (non-hydrogen) atoms. The Balaban J connectivity index is 0.00000102. The summed E-state index contributed by atoms with van der Waals surface area (Å²) in [4.78, 5) is 12.0. The lowest BCUT2D eigenvalue weighted by molar-refractivity contribution is 0.469. The second kappa shape index (κ2) is 7.78. The Hall–Kier alpha value is -3.54. The van der Waals surface area contributed by atoms with Gasteiger partial charge in [-0.05, 0) is 24.3 Å². The van der Waals surface area contributed by atoms with E-state index in [9.17, 15) is 9.50 Å². The fourth-order valence-electron chi connectivity index (χ4n) is 2.95. The van der Waals surface area contributed by atoms with Crippen molar-refractivity contribution in [3.63, 3.8) is 0 Å². The SMILES string of the molecule is CC.N=CN=c1c2ccccc2nc(-c2ccc(O)cc2F)c2cc[nH]c12.